The summed E-state index contributed by atoms with van der Waals surface area (Å²) in [5.41, 5.74) is 0. The maximum Gasteiger partial charge on any atom is 0.360 e. The van der Waals surface area contributed by atoms with Gasteiger partial charge in [0, 0.05) is 13.1 Å². The lowest BCUT2D eigenvalue weighted by Crippen LogP contribution is -2.31. The Balaban J connectivity index is 2.13. The van der Waals surface area contributed by atoms with Crippen LogP contribution in [0.2, 0.25) is 0 Å². The van der Waals surface area contributed by atoms with Crippen molar-refractivity contribution in [3.63, 3.8) is 0 Å². The fourth-order valence-corrected chi connectivity index (χ4v) is 1.08. The number of hydroxylamine groups is 2. The molecular weight excluding hydrogens is 140 g/mol. The third-order valence-electron chi connectivity index (χ3n) is 1.54. The van der Waals surface area contributed by atoms with Crippen molar-refractivity contribution in [1.29, 1.82) is 0 Å². The normalized spacial score (nSPS) is 21.9. The minimum atomic E-state index is -2.65. The molecule has 1 saturated heterocycles. The Hall–Kier alpha value is -0.220. The lowest BCUT2D eigenvalue weighted by atomic mass is 10.2. The summed E-state index contributed by atoms with van der Waals surface area (Å²) in [5, 5.41) is 1.34. The molecule has 0 bridgehead atoms. The molecule has 1 rings (SSSR count). The van der Waals surface area contributed by atoms with Crippen LogP contribution in [0.1, 0.15) is 19.3 Å². The number of halogens is 2. The zero-order valence-electron chi connectivity index (χ0n) is 5.72. The molecule has 2 nitrogen and oxygen atoms in total. The number of hydrogen-bond donors (Lipinski definition) is 0. The molecule has 0 amide bonds. The van der Waals surface area contributed by atoms with Crippen LogP contribution in [0.25, 0.3) is 0 Å². The summed E-state index contributed by atoms with van der Waals surface area (Å²) in [5.74, 6) is 0. The molecule has 0 atom stereocenters. The highest BCUT2D eigenvalue weighted by atomic mass is 19.3. The van der Waals surface area contributed by atoms with E-state index in [4.69, 9.17) is 0 Å². The predicted molar refractivity (Wildman–Crippen MR) is 32.5 cm³/mol. The van der Waals surface area contributed by atoms with Crippen molar-refractivity contribution < 1.29 is 13.6 Å². The molecule has 0 spiro atoms. The second kappa shape index (κ2) is 3.83. The van der Waals surface area contributed by atoms with E-state index in [9.17, 15) is 8.78 Å². The quantitative estimate of drug-likeness (QED) is 0.594. The van der Waals surface area contributed by atoms with E-state index in [-0.39, 0.29) is 0 Å². The first-order valence-electron chi connectivity index (χ1n) is 3.49. The average molecular weight is 151 g/mol. The number of hydrogen-bond acceptors (Lipinski definition) is 2. The molecule has 10 heavy (non-hydrogen) atoms. The monoisotopic (exact) mass is 151 g/mol. The van der Waals surface area contributed by atoms with Crippen LogP contribution in [-0.2, 0) is 4.84 Å². The van der Waals surface area contributed by atoms with Gasteiger partial charge in [-0.2, -0.15) is 13.8 Å². The molecular formula is C6H11F2NO. The third kappa shape index (κ3) is 2.58. The molecule has 0 aromatic carbocycles. The first kappa shape index (κ1) is 7.88. The number of nitrogens with zero attached hydrogens (tertiary/aromatic N) is 1. The van der Waals surface area contributed by atoms with Crippen LogP contribution in [0.4, 0.5) is 8.78 Å². The lowest BCUT2D eigenvalue weighted by molar-refractivity contribution is -0.287. The van der Waals surface area contributed by atoms with Gasteiger partial charge in [0.1, 0.15) is 0 Å². The van der Waals surface area contributed by atoms with Crippen LogP contribution in [0.15, 0.2) is 0 Å². The van der Waals surface area contributed by atoms with Crippen LogP contribution < -0.4 is 0 Å². The van der Waals surface area contributed by atoms with Gasteiger partial charge in [-0.3, -0.25) is 0 Å². The first-order chi connectivity index (χ1) is 4.79. The van der Waals surface area contributed by atoms with Gasteiger partial charge in [0.25, 0.3) is 0 Å². The van der Waals surface area contributed by atoms with Gasteiger partial charge in [-0.05, 0) is 12.8 Å². The summed E-state index contributed by atoms with van der Waals surface area (Å²) >= 11 is 0. The van der Waals surface area contributed by atoms with Crippen LogP contribution in [0.5, 0.6) is 0 Å². The van der Waals surface area contributed by atoms with Crippen molar-refractivity contribution in [3.8, 4) is 0 Å². The number of piperidine rings is 1. The van der Waals surface area contributed by atoms with E-state index in [1.165, 1.54) is 5.06 Å². The summed E-state index contributed by atoms with van der Waals surface area (Å²) in [7, 11) is 0. The SMILES string of the molecule is FC(F)ON1CCCCC1. The molecule has 1 heterocycles. The fraction of sp³-hybridized carbons (Fsp3) is 1.00. The van der Waals surface area contributed by atoms with Crippen LogP contribution in [0.3, 0.4) is 0 Å². The largest absolute Gasteiger partial charge is 0.360 e. The average Bonchev–Trinajstić information content (AvgIpc) is 1.88. The smallest absolute Gasteiger partial charge is 0.232 e. The van der Waals surface area contributed by atoms with Gasteiger partial charge in [-0.15, -0.1) is 0 Å². The minimum Gasteiger partial charge on any atom is -0.232 e. The fourth-order valence-electron chi connectivity index (χ4n) is 1.08. The Morgan fingerprint density at radius 3 is 2.20 bits per heavy atom. The molecule has 0 unspecified atom stereocenters. The second-order valence-electron chi connectivity index (χ2n) is 2.36. The summed E-state index contributed by atoms with van der Waals surface area (Å²) in [4.78, 5) is 4.19. The molecule has 0 aliphatic carbocycles. The van der Waals surface area contributed by atoms with Crippen LogP contribution in [-0.4, -0.2) is 24.8 Å². The van der Waals surface area contributed by atoms with E-state index in [0.717, 1.165) is 19.3 Å². The molecule has 1 fully saturated rings. The van der Waals surface area contributed by atoms with E-state index >= 15 is 0 Å². The van der Waals surface area contributed by atoms with E-state index in [2.05, 4.69) is 4.84 Å². The maximum atomic E-state index is 11.6. The second-order valence-corrected chi connectivity index (χ2v) is 2.36. The molecule has 4 heteroatoms. The van der Waals surface area contributed by atoms with E-state index in [1.54, 1.807) is 0 Å². The topological polar surface area (TPSA) is 12.5 Å². The molecule has 0 aromatic rings. The van der Waals surface area contributed by atoms with Crippen molar-refractivity contribution in [2.75, 3.05) is 13.1 Å². The summed E-state index contributed by atoms with van der Waals surface area (Å²) in [6.45, 7) is -1.37. The van der Waals surface area contributed by atoms with E-state index < -0.39 is 6.61 Å². The predicted octanol–water partition coefficient (Wildman–Crippen LogP) is 1.63. The number of rotatable bonds is 2. The van der Waals surface area contributed by atoms with Gasteiger partial charge in [-0.25, -0.2) is 4.84 Å². The molecule has 1 aliphatic rings. The van der Waals surface area contributed by atoms with E-state index in [0.29, 0.717) is 13.1 Å². The Bertz CT molecular complexity index is 93.7. The highest BCUT2D eigenvalue weighted by Gasteiger charge is 2.14. The highest BCUT2D eigenvalue weighted by Crippen LogP contribution is 2.10. The van der Waals surface area contributed by atoms with Gasteiger partial charge in [0.2, 0.25) is 0 Å². The van der Waals surface area contributed by atoms with Crippen molar-refractivity contribution in [2.45, 2.75) is 25.9 Å². The first-order valence-corrected chi connectivity index (χ1v) is 3.49. The third-order valence-corrected chi connectivity index (χ3v) is 1.54. The van der Waals surface area contributed by atoms with Crippen molar-refractivity contribution >= 4 is 0 Å². The molecule has 0 N–H and O–H groups in total. The minimum absolute atomic E-state index is 0.643. The van der Waals surface area contributed by atoms with Gasteiger partial charge in [-0.1, -0.05) is 6.42 Å². The summed E-state index contributed by atoms with van der Waals surface area (Å²) in [6.07, 6.45) is 3.06. The van der Waals surface area contributed by atoms with E-state index in [1.807, 2.05) is 0 Å². The standard InChI is InChI=1S/C6H11F2NO/c7-6(8)10-9-4-2-1-3-5-9/h6H,1-5H2. The van der Waals surface area contributed by atoms with Crippen LogP contribution in [0, 0.1) is 0 Å². The van der Waals surface area contributed by atoms with Crippen molar-refractivity contribution in [1.82, 2.24) is 5.06 Å². The highest BCUT2D eigenvalue weighted by molar-refractivity contribution is 4.55. The van der Waals surface area contributed by atoms with Gasteiger partial charge in [0.05, 0.1) is 0 Å². The zero-order chi connectivity index (χ0) is 7.40. The molecule has 60 valence electrons. The maximum absolute atomic E-state index is 11.6. The van der Waals surface area contributed by atoms with Crippen molar-refractivity contribution in [2.24, 2.45) is 0 Å². The lowest BCUT2D eigenvalue weighted by Gasteiger charge is -2.24. The zero-order valence-corrected chi connectivity index (χ0v) is 5.72. The van der Waals surface area contributed by atoms with Gasteiger partial charge < -0.3 is 0 Å². The number of alkyl halides is 2. The Labute approximate surface area is 58.7 Å². The van der Waals surface area contributed by atoms with Gasteiger partial charge >= 0.3 is 6.61 Å². The Morgan fingerprint density at radius 1 is 1.10 bits per heavy atom. The van der Waals surface area contributed by atoms with Crippen LogP contribution >= 0.6 is 0 Å². The summed E-state index contributed by atoms with van der Waals surface area (Å²) in [6, 6.07) is 0. The Morgan fingerprint density at radius 2 is 1.70 bits per heavy atom. The molecule has 0 radical (unpaired) electrons. The molecule has 0 saturated carbocycles. The van der Waals surface area contributed by atoms with Crippen molar-refractivity contribution in [3.05, 3.63) is 0 Å². The molecule has 1 aliphatic heterocycles. The molecule has 0 aromatic heterocycles. The summed E-state index contributed by atoms with van der Waals surface area (Å²) < 4.78 is 23.1. The van der Waals surface area contributed by atoms with Gasteiger partial charge in [0.15, 0.2) is 0 Å². The Kier molecular flexibility index (Phi) is 3.02.